The van der Waals surface area contributed by atoms with Crippen molar-refractivity contribution in [1.82, 2.24) is 0 Å². The molecule has 0 aromatic rings. The molecule has 1 rings (SSSR count). The zero-order valence-corrected chi connectivity index (χ0v) is 9.26. The van der Waals surface area contributed by atoms with Crippen LogP contribution in [0, 0.1) is 0 Å². The van der Waals surface area contributed by atoms with Crippen LogP contribution in [0.5, 0.6) is 0 Å². The number of carboxylic acids is 1. The molecule has 4 heteroatoms. The lowest BCUT2D eigenvalue weighted by Crippen LogP contribution is -2.16. The van der Waals surface area contributed by atoms with E-state index in [-0.39, 0.29) is 5.57 Å². The normalized spacial score (nSPS) is 20.1. The SMILES string of the molecule is CCC(C)=C(C(=O)O)C1=CCC(F)(F)C=C1. The number of rotatable bonds is 3. The number of halogens is 2. The van der Waals surface area contributed by atoms with Crippen molar-refractivity contribution in [2.24, 2.45) is 0 Å². The van der Waals surface area contributed by atoms with Crippen LogP contribution in [-0.2, 0) is 4.79 Å². The number of alkyl halides is 2. The lowest BCUT2D eigenvalue weighted by molar-refractivity contribution is -0.132. The van der Waals surface area contributed by atoms with Crippen molar-refractivity contribution in [3.05, 3.63) is 34.9 Å². The van der Waals surface area contributed by atoms with Gasteiger partial charge in [0.15, 0.2) is 0 Å². The highest BCUT2D eigenvalue weighted by Crippen LogP contribution is 2.30. The monoisotopic (exact) mass is 228 g/mol. The van der Waals surface area contributed by atoms with Gasteiger partial charge in [-0.1, -0.05) is 24.6 Å². The van der Waals surface area contributed by atoms with E-state index >= 15 is 0 Å². The molecule has 0 atom stereocenters. The van der Waals surface area contributed by atoms with Crippen LogP contribution < -0.4 is 0 Å². The lowest BCUT2D eigenvalue weighted by Gasteiger charge is -2.16. The molecule has 88 valence electrons. The summed E-state index contributed by atoms with van der Waals surface area (Å²) in [5.74, 6) is -3.92. The summed E-state index contributed by atoms with van der Waals surface area (Å²) in [4.78, 5) is 11.0. The highest BCUT2D eigenvalue weighted by Gasteiger charge is 2.28. The van der Waals surface area contributed by atoms with Crippen molar-refractivity contribution in [3.8, 4) is 0 Å². The van der Waals surface area contributed by atoms with E-state index in [0.29, 0.717) is 17.6 Å². The molecule has 1 aliphatic rings. The molecule has 0 aromatic heterocycles. The average molecular weight is 228 g/mol. The summed E-state index contributed by atoms with van der Waals surface area (Å²) in [5.41, 5.74) is 1.20. The van der Waals surface area contributed by atoms with Crippen LogP contribution in [-0.4, -0.2) is 17.0 Å². The van der Waals surface area contributed by atoms with E-state index in [2.05, 4.69) is 0 Å². The zero-order chi connectivity index (χ0) is 12.3. The third-order valence-electron chi connectivity index (χ3n) is 2.56. The number of carbonyl (C=O) groups is 1. The van der Waals surface area contributed by atoms with Crippen molar-refractivity contribution < 1.29 is 18.7 Å². The number of carboxylic acid groups (broad SMARTS) is 1. The van der Waals surface area contributed by atoms with Gasteiger partial charge < -0.3 is 5.11 Å². The maximum atomic E-state index is 12.8. The first-order valence-corrected chi connectivity index (χ1v) is 5.08. The minimum atomic E-state index is -2.85. The Labute approximate surface area is 93.0 Å². The molecule has 0 spiro atoms. The van der Waals surface area contributed by atoms with Crippen molar-refractivity contribution in [2.45, 2.75) is 32.6 Å². The van der Waals surface area contributed by atoms with E-state index in [9.17, 15) is 13.6 Å². The molecule has 0 saturated heterocycles. The van der Waals surface area contributed by atoms with E-state index in [1.54, 1.807) is 6.92 Å². The molecule has 0 radical (unpaired) electrons. The standard InChI is InChI=1S/C12H14F2O2/c1-3-8(2)10(11(15)16)9-4-6-12(13,14)7-5-9/h4-6H,3,7H2,1-2H3,(H,15,16). The molecule has 0 aliphatic heterocycles. The molecule has 0 unspecified atom stereocenters. The van der Waals surface area contributed by atoms with Gasteiger partial charge in [0.25, 0.3) is 5.92 Å². The number of hydrogen-bond acceptors (Lipinski definition) is 1. The van der Waals surface area contributed by atoms with Crippen LogP contribution in [0.25, 0.3) is 0 Å². The molecule has 0 bridgehead atoms. The molecular formula is C12H14F2O2. The van der Waals surface area contributed by atoms with Crippen LogP contribution in [0.15, 0.2) is 34.9 Å². The molecule has 0 amide bonds. The Bertz CT molecular complexity index is 390. The summed E-state index contributed by atoms with van der Waals surface area (Å²) < 4.78 is 25.7. The minimum absolute atomic E-state index is 0.134. The molecule has 0 fully saturated rings. The van der Waals surface area contributed by atoms with Crippen LogP contribution in [0.1, 0.15) is 26.7 Å². The quantitative estimate of drug-likeness (QED) is 0.752. The predicted molar refractivity (Wildman–Crippen MR) is 57.4 cm³/mol. The van der Waals surface area contributed by atoms with E-state index in [1.807, 2.05) is 6.92 Å². The van der Waals surface area contributed by atoms with Crippen molar-refractivity contribution in [2.75, 3.05) is 0 Å². The van der Waals surface area contributed by atoms with Crippen LogP contribution in [0.3, 0.4) is 0 Å². The third kappa shape index (κ3) is 2.78. The summed E-state index contributed by atoms with van der Waals surface area (Å²) in [5, 5.41) is 9.04. The van der Waals surface area contributed by atoms with Gasteiger partial charge in [0.05, 0.1) is 5.57 Å². The van der Waals surface area contributed by atoms with E-state index in [1.165, 1.54) is 12.2 Å². The molecule has 0 saturated carbocycles. The second-order valence-corrected chi connectivity index (χ2v) is 3.77. The van der Waals surface area contributed by atoms with E-state index < -0.39 is 18.3 Å². The molecule has 1 aliphatic carbocycles. The molecule has 1 N–H and O–H groups in total. The highest BCUT2D eigenvalue weighted by atomic mass is 19.3. The Morgan fingerprint density at radius 3 is 2.56 bits per heavy atom. The van der Waals surface area contributed by atoms with Crippen LogP contribution in [0.4, 0.5) is 8.78 Å². The summed E-state index contributed by atoms with van der Waals surface area (Å²) in [6, 6.07) is 0. The fourth-order valence-corrected chi connectivity index (χ4v) is 1.51. The third-order valence-corrected chi connectivity index (χ3v) is 2.56. The van der Waals surface area contributed by atoms with E-state index in [0.717, 1.165) is 6.08 Å². The maximum Gasteiger partial charge on any atom is 0.336 e. The number of hydrogen-bond donors (Lipinski definition) is 1. The molecule has 0 aromatic carbocycles. The zero-order valence-electron chi connectivity index (χ0n) is 9.26. The fourth-order valence-electron chi connectivity index (χ4n) is 1.51. The van der Waals surface area contributed by atoms with Gasteiger partial charge in [0.2, 0.25) is 0 Å². The first-order valence-electron chi connectivity index (χ1n) is 5.08. The average Bonchev–Trinajstić information content (AvgIpc) is 2.20. The lowest BCUT2D eigenvalue weighted by atomic mass is 9.94. The predicted octanol–water partition coefficient (Wildman–Crippen LogP) is 3.32. The maximum absolute atomic E-state index is 12.8. The Morgan fingerprint density at radius 1 is 1.56 bits per heavy atom. The van der Waals surface area contributed by atoms with Gasteiger partial charge in [0.1, 0.15) is 0 Å². The number of aliphatic carboxylic acids is 1. The van der Waals surface area contributed by atoms with Crippen LogP contribution >= 0.6 is 0 Å². The summed E-state index contributed by atoms with van der Waals surface area (Å²) in [6.45, 7) is 3.53. The first-order chi connectivity index (χ1) is 7.37. The van der Waals surface area contributed by atoms with Gasteiger partial charge in [-0.05, 0) is 25.0 Å². The molecular weight excluding hydrogens is 214 g/mol. The summed E-state index contributed by atoms with van der Waals surface area (Å²) >= 11 is 0. The topological polar surface area (TPSA) is 37.3 Å². The van der Waals surface area contributed by atoms with Gasteiger partial charge in [-0.15, -0.1) is 0 Å². The second-order valence-electron chi connectivity index (χ2n) is 3.77. The minimum Gasteiger partial charge on any atom is -0.478 e. The highest BCUT2D eigenvalue weighted by molar-refractivity contribution is 5.93. The van der Waals surface area contributed by atoms with E-state index in [4.69, 9.17) is 5.11 Å². The summed E-state index contributed by atoms with van der Waals surface area (Å²) in [6.07, 6.45) is 3.37. The number of allylic oxidation sites excluding steroid dienone is 4. The van der Waals surface area contributed by atoms with Gasteiger partial charge in [-0.2, -0.15) is 0 Å². The van der Waals surface area contributed by atoms with Gasteiger partial charge in [0, 0.05) is 6.42 Å². The van der Waals surface area contributed by atoms with Crippen molar-refractivity contribution in [3.63, 3.8) is 0 Å². The fraction of sp³-hybridized carbons (Fsp3) is 0.417. The van der Waals surface area contributed by atoms with Crippen LogP contribution in [0.2, 0.25) is 0 Å². The van der Waals surface area contributed by atoms with Crippen molar-refractivity contribution >= 4 is 5.97 Å². The summed E-state index contributed by atoms with van der Waals surface area (Å²) in [7, 11) is 0. The Morgan fingerprint density at radius 2 is 2.19 bits per heavy atom. The molecule has 2 nitrogen and oxygen atoms in total. The second kappa shape index (κ2) is 4.60. The Kier molecular flexibility index (Phi) is 3.62. The van der Waals surface area contributed by atoms with Gasteiger partial charge in [-0.3, -0.25) is 0 Å². The Balaban J connectivity index is 3.07. The van der Waals surface area contributed by atoms with Gasteiger partial charge >= 0.3 is 5.97 Å². The first kappa shape index (κ1) is 12.6. The largest absolute Gasteiger partial charge is 0.478 e. The Hall–Kier alpha value is -1.45. The smallest absolute Gasteiger partial charge is 0.336 e. The van der Waals surface area contributed by atoms with Gasteiger partial charge in [-0.25, -0.2) is 13.6 Å². The molecule has 16 heavy (non-hydrogen) atoms. The van der Waals surface area contributed by atoms with Crippen molar-refractivity contribution in [1.29, 1.82) is 0 Å². The molecule has 0 heterocycles.